The minimum absolute atomic E-state index is 0.00985. The Kier molecular flexibility index (Phi) is 2.72. The SMILES string of the molecule is O=C(Nc1cccc([N+](=O)[O-])c1)[C@@H]1[C@H]2C[C@H]3[C@H]1C(=O)O[C@H]3C2. The van der Waals surface area contributed by atoms with Gasteiger partial charge in [-0.1, -0.05) is 6.07 Å². The molecule has 2 saturated carbocycles. The van der Waals surface area contributed by atoms with E-state index in [9.17, 15) is 19.7 Å². The van der Waals surface area contributed by atoms with Crippen molar-refractivity contribution in [2.24, 2.45) is 23.7 Å². The highest BCUT2D eigenvalue weighted by Crippen LogP contribution is 2.57. The lowest BCUT2D eigenvalue weighted by molar-refractivity contribution is -0.384. The Bertz CT molecular complexity index is 686. The second-order valence-corrected chi connectivity index (χ2v) is 6.22. The van der Waals surface area contributed by atoms with E-state index in [1.807, 2.05) is 0 Å². The lowest BCUT2D eigenvalue weighted by Crippen LogP contribution is -2.35. The third-order valence-corrected chi connectivity index (χ3v) is 5.11. The second-order valence-electron chi connectivity index (χ2n) is 6.22. The highest BCUT2D eigenvalue weighted by atomic mass is 16.6. The first kappa shape index (κ1) is 13.2. The van der Waals surface area contributed by atoms with Crippen LogP contribution in [0.3, 0.4) is 0 Å². The average molecular weight is 302 g/mol. The molecule has 3 fully saturated rings. The van der Waals surface area contributed by atoms with E-state index < -0.39 is 4.92 Å². The molecular weight excluding hydrogens is 288 g/mol. The molecule has 0 aromatic heterocycles. The fourth-order valence-corrected chi connectivity index (χ4v) is 4.29. The molecule has 1 amide bonds. The maximum absolute atomic E-state index is 12.5. The van der Waals surface area contributed by atoms with Gasteiger partial charge in [-0.3, -0.25) is 19.7 Å². The van der Waals surface area contributed by atoms with Crippen LogP contribution in [0.4, 0.5) is 11.4 Å². The largest absolute Gasteiger partial charge is 0.462 e. The topological polar surface area (TPSA) is 98.5 Å². The van der Waals surface area contributed by atoms with Gasteiger partial charge in [0.2, 0.25) is 5.91 Å². The third-order valence-electron chi connectivity index (χ3n) is 5.11. The highest BCUT2D eigenvalue weighted by molar-refractivity contribution is 5.97. The van der Waals surface area contributed by atoms with Crippen molar-refractivity contribution in [1.82, 2.24) is 0 Å². The molecule has 1 heterocycles. The summed E-state index contributed by atoms with van der Waals surface area (Å²) >= 11 is 0. The van der Waals surface area contributed by atoms with Gasteiger partial charge in [-0.2, -0.15) is 0 Å². The molecule has 1 aliphatic heterocycles. The third kappa shape index (κ3) is 1.81. The van der Waals surface area contributed by atoms with Crippen molar-refractivity contribution in [3.8, 4) is 0 Å². The number of carbonyl (C=O) groups excluding carboxylic acids is 2. The van der Waals surface area contributed by atoms with E-state index in [2.05, 4.69) is 5.32 Å². The molecule has 1 saturated heterocycles. The number of hydrogen-bond donors (Lipinski definition) is 1. The molecular formula is C15H14N2O5. The van der Waals surface area contributed by atoms with Gasteiger partial charge in [0.15, 0.2) is 0 Å². The molecule has 2 bridgehead atoms. The first-order chi connectivity index (χ1) is 10.5. The molecule has 1 N–H and O–H groups in total. The quantitative estimate of drug-likeness (QED) is 0.521. The number of non-ortho nitro benzene ring substituents is 1. The lowest BCUT2D eigenvalue weighted by atomic mass is 9.79. The van der Waals surface area contributed by atoms with Crippen LogP contribution in [0, 0.1) is 33.8 Å². The van der Waals surface area contributed by atoms with E-state index in [1.165, 1.54) is 18.2 Å². The molecule has 3 aliphatic rings. The van der Waals surface area contributed by atoms with E-state index >= 15 is 0 Å². The Labute approximate surface area is 125 Å². The smallest absolute Gasteiger partial charge is 0.310 e. The summed E-state index contributed by atoms with van der Waals surface area (Å²) in [7, 11) is 0. The van der Waals surface area contributed by atoms with Crippen LogP contribution >= 0.6 is 0 Å². The molecule has 22 heavy (non-hydrogen) atoms. The Morgan fingerprint density at radius 2 is 2.18 bits per heavy atom. The van der Waals surface area contributed by atoms with Gasteiger partial charge in [0.1, 0.15) is 6.10 Å². The molecule has 0 radical (unpaired) electrons. The fraction of sp³-hybridized carbons (Fsp3) is 0.467. The van der Waals surface area contributed by atoms with Gasteiger partial charge in [0.25, 0.3) is 5.69 Å². The van der Waals surface area contributed by atoms with E-state index in [4.69, 9.17) is 4.74 Å². The number of nitrogens with zero attached hydrogens (tertiary/aromatic N) is 1. The van der Waals surface area contributed by atoms with E-state index in [0.29, 0.717) is 5.69 Å². The number of nitro groups is 1. The summed E-state index contributed by atoms with van der Waals surface area (Å²) in [5.74, 6) is -0.897. The Balaban J connectivity index is 1.55. The Morgan fingerprint density at radius 1 is 1.36 bits per heavy atom. The number of rotatable bonds is 3. The Morgan fingerprint density at radius 3 is 2.95 bits per heavy atom. The Hall–Kier alpha value is -2.44. The molecule has 1 aromatic carbocycles. The summed E-state index contributed by atoms with van der Waals surface area (Å²) in [5.41, 5.74) is 0.302. The van der Waals surface area contributed by atoms with Crippen LogP contribution in [0.2, 0.25) is 0 Å². The number of esters is 1. The van der Waals surface area contributed by atoms with Crippen molar-refractivity contribution in [2.45, 2.75) is 18.9 Å². The summed E-state index contributed by atoms with van der Waals surface area (Å²) in [6, 6.07) is 5.81. The summed E-state index contributed by atoms with van der Waals surface area (Å²) in [6.07, 6.45) is 1.60. The molecule has 2 aliphatic carbocycles. The predicted octanol–water partition coefficient (Wildman–Crippen LogP) is 1.73. The van der Waals surface area contributed by atoms with Crippen LogP contribution in [0.25, 0.3) is 0 Å². The fourth-order valence-electron chi connectivity index (χ4n) is 4.29. The van der Waals surface area contributed by atoms with Crippen LogP contribution in [-0.4, -0.2) is 22.9 Å². The highest BCUT2D eigenvalue weighted by Gasteiger charge is 2.63. The first-order valence-electron chi connectivity index (χ1n) is 7.30. The molecule has 1 aromatic rings. The van der Waals surface area contributed by atoms with Gasteiger partial charge in [-0.25, -0.2) is 0 Å². The van der Waals surface area contributed by atoms with Crippen molar-refractivity contribution >= 4 is 23.3 Å². The number of nitrogens with one attached hydrogen (secondary N) is 1. The summed E-state index contributed by atoms with van der Waals surface area (Å²) < 4.78 is 5.31. The standard InChI is InChI=1S/C15H14N2O5/c18-14(16-8-2-1-3-9(6-8)17(20)21)12-7-4-10-11(5-7)22-15(19)13(10)12/h1-3,6-7,10-13H,4-5H2,(H,16,18)/t7-,10+,11-,12+,13+/m0/s1. The second kappa shape index (κ2) is 4.53. The predicted molar refractivity (Wildman–Crippen MR) is 74.8 cm³/mol. The van der Waals surface area contributed by atoms with Crippen LogP contribution in [-0.2, 0) is 14.3 Å². The van der Waals surface area contributed by atoms with Crippen molar-refractivity contribution in [3.63, 3.8) is 0 Å². The molecule has 0 unspecified atom stereocenters. The van der Waals surface area contributed by atoms with Gasteiger partial charge in [0.05, 0.1) is 16.8 Å². The van der Waals surface area contributed by atoms with Crippen molar-refractivity contribution in [3.05, 3.63) is 34.4 Å². The normalized spacial score (nSPS) is 34.5. The van der Waals surface area contributed by atoms with E-state index in [0.717, 1.165) is 12.8 Å². The van der Waals surface area contributed by atoms with Gasteiger partial charge in [-0.05, 0) is 24.8 Å². The number of carbonyl (C=O) groups is 2. The monoisotopic (exact) mass is 302 g/mol. The van der Waals surface area contributed by atoms with Crippen LogP contribution in [0.5, 0.6) is 0 Å². The van der Waals surface area contributed by atoms with Crippen molar-refractivity contribution < 1.29 is 19.2 Å². The van der Waals surface area contributed by atoms with E-state index in [-0.39, 0.29) is 47.3 Å². The van der Waals surface area contributed by atoms with Crippen LogP contribution < -0.4 is 5.32 Å². The molecule has 4 rings (SSSR count). The zero-order valence-corrected chi connectivity index (χ0v) is 11.6. The zero-order chi connectivity index (χ0) is 15.4. The van der Waals surface area contributed by atoms with Gasteiger partial charge >= 0.3 is 5.97 Å². The van der Waals surface area contributed by atoms with Crippen molar-refractivity contribution in [1.29, 1.82) is 0 Å². The van der Waals surface area contributed by atoms with Gasteiger partial charge in [-0.15, -0.1) is 0 Å². The maximum atomic E-state index is 12.5. The van der Waals surface area contributed by atoms with E-state index in [1.54, 1.807) is 6.07 Å². The number of anilines is 1. The van der Waals surface area contributed by atoms with Gasteiger partial charge in [0, 0.05) is 23.7 Å². The number of hydrogen-bond acceptors (Lipinski definition) is 5. The number of nitro benzene ring substituents is 1. The molecule has 7 heteroatoms. The molecule has 5 atom stereocenters. The molecule has 7 nitrogen and oxygen atoms in total. The minimum Gasteiger partial charge on any atom is -0.462 e. The zero-order valence-electron chi connectivity index (χ0n) is 11.6. The summed E-state index contributed by atoms with van der Waals surface area (Å²) in [4.78, 5) is 34.7. The minimum atomic E-state index is -0.508. The first-order valence-corrected chi connectivity index (χ1v) is 7.30. The summed E-state index contributed by atoms with van der Waals surface area (Å²) in [6.45, 7) is 0. The molecule has 114 valence electrons. The van der Waals surface area contributed by atoms with Gasteiger partial charge < -0.3 is 10.1 Å². The summed E-state index contributed by atoms with van der Waals surface area (Å²) in [5, 5.41) is 13.5. The number of ether oxygens (including phenoxy) is 1. The van der Waals surface area contributed by atoms with Crippen LogP contribution in [0.1, 0.15) is 12.8 Å². The number of amides is 1. The number of benzene rings is 1. The van der Waals surface area contributed by atoms with Crippen molar-refractivity contribution in [2.75, 3.05) is 5.32 Å². The molecule has 0 spiro atoms. The van der Waals surface area contributed by atoms with Crippen LogP contribution in [0.15, 0.2) is 24.3 Å². The average Bonchev–Trinajstić information content (AvgIpc) is 3.08. The lowest BCUT2D eigenvalue weighted by Gasteiger charge is -2.23. The maximum Gasteiger partial charge on any atom is 0.310 e. The number of fused-ring (bicyclic) bond motifs is 1.